The van der Waals surface area contributed by atoms with Crippen molar-refractivity contribution in [2.75, 3.05) is 20.3 Å². The lowest BCUT2D eigenvalue weighted by atomic mass is 10.1. The minimum atomic E-state index is -4.31. The zero-order valence-corrected chi connectivity index (χ0v) is 30.5. The Balaban J connectivity index is 0.00000213. The Morgan fingerprint density at radius 2 is 1.80 bits per heavy atom. The van der Waals surface area contributed by atoms with Gasteiger partial charge >= 0.3 is 12.2 Å². The fraction of sp³-hybridized carbons (Fsp3) is 0.472. The van der Waals surface area contributed by atoms with Gasteiger partial charge < -0.3 is 25.4 Å². The van der Waals surface area contributed by atoms with Gasteiger partial charge in [-0.1, -0.05) is 45.1 Å². The van der Waals surface area contributed by atoms with Crippen molar-refractivity contribution >= 4 is 11.7 Å². The standard InChI is InChI=1S/C27H34F3N7O3.C4H8.C3H7N.C2H6/c1-6-9-15-40-25-23-31-13-14-37(23)35-22(34-25)21-16-19(17-32-24(21)39-5)18(4)36(8-3)26(38)33-20(10-7-2)11-12-27(28,29)30;1-3-4-2;1-2-3-4;1-2/h6-7,13-14,16-18,20H,1-2,8-12,15H2,3-5H3,(H,33,38);3H,1,4H2,2H3;2-3H,4H2,1H3;1-2H3/b;;3-2-;/t18-,20-;;;/m1.../s1. The number of ether oxygens (including phenoxy) is 2. The summed E-state index contributed by atoms with van der Waals surface area (Å²) in [6.07, 6.45) is 9.55. The van der Waals surface area contributed by atoms with E-state index in [1.807, 2.05) is 26.8 Å². The minimum Gasteiger partial charge on any atom is -0.480 e. The number of amides is 2. The molecule has 0 aromatic carbocycles. The highest BCUT2D eigenvalue weighted by Crippen LogP contribution is 2.32. The molecule has 0 spiro atoms. The van der Waals surface area contributed by atoms with Crippen molar-refractivity contribution in [2.24, 2.45) is 5.73 Å². The number of urea groups is 1. The summed E-state index contributed by atoms with van der Waals surface area (Å²) in [5, 5.41) is 7.25. The molecule has 278 valence electrons. The lowest BCUT2D eigenvalue weighted by Gasteiger charge is -2.31. The second kappa shape index (κ2) is 25.1. The summed E-state index contributed by atoms with van der Waals surface area (Å²) in [6, 6.07) is 0.0835. The maximum Gasteiger partial charge on any atom is 0.389 e. The fourth-order valence-corrected chi connectivity index (χ4v) is 4.09. The molecular formula is C36H55F3N8O3. The van der Waals surface area contributed by atoms with Crippen LogP contribution in [-0.2, 0) is 0 Å². The third-order valence-corrected chi connectivity index (χ3v) is 6.68. The number of allylic oxidation sites excluding steroid dienone is 2. The molecule has 0 fully saturated rings. The number of alkyl halides is 3. The molecule has 3 N–H and O–H groups in total. The Kier molecular flexibility index (Phi) is 22.7. The number of imidazole rings is 1. The first-order chi connectivity index (χ1) is 23.9. The Labute approximate surface area is 295 Å². The quantitative estimate of drug-likeness (QED) is 0.119. The Hall–Kier alpha value is -4.88. The molecule has 3 aromatic heterocycles. The lowest BCUT2D eigenvalue weighted by molar-refractivity contribution is -0.136. The van der Waals surface area contributed by atoms with E-state index in [-0.39, 0.29) is 30.4 Å². The second-order valence-electron chi connectivity index (χ2n) is 10.2. The van der Waals surface area contributed by atoms with E-state index in [9.17, 15) is 18.0 Å². The van der Waals surface area contributed by atoms with E-state index in [0.29, 0.717) is 36.3 Å². The van der Waals surface area contributed by atoms with Crippen molar-refractivity contribution < 1.29 is 27.4 Å². The van der Waals surface area contributed by atoms with Crippen LogP contribution in [0.25, 0.3) is 17.0 Å². The van der Waals surface area contributed by atoms with Crippen LogP contribution >= 0.6 is 0 Å². The summed E-state index contributed by atoms with van der Waals surface area (Å²) in [4.78, 5) is 27.9. The highest BCUT2D eigenvalue weighted by atomic mass is 19.4. The molecule has 0 aliphatic rings. The molecule has 2 atom stereocenters. The number of carbonyl (C=O) groups excluding carboxylic acids is 1. The maximum absolute atomic E-state index is 13.2. The first-order valence-electron chi connectivity index (χ1n) is 16.6. The van der Waals surface area contributed by atoms with Crippen molar-refractivity contribution in [1.29, 1.82) is 0 Å². The number of hydrogen-bond donors (Lipinski definition) is 2. The summed E-state index contributed by atoms with van der Waals surface area (Å²) >= 11 is 0. The van der Waals surface area contributed by atoms with Crippen molar-refractivity contribution in [3.05, 3.63) is 80.5 Å². The second-order valence-corrected chi connectivity index (χ2v) is 10.2. The van der Waals surface area contributed by atoms with Gasteiger partial charge in [0.05, 0.1) is 25.3 Å². The van der Waals surface area contributed by atoms with Gasteiger partial charge in [0.2, 0.25) is 11.5 Å². The third kappa shape index (κ3) is 15.6. The van der Waals surface area contributed by atoms with Crippen molar-refractivity contribution in [1.82, 2.24) is 34.8 Å². The van der Waals surface area contributed by atoms with Gasteiger partial charge in [-0.25, -0.2) is 19.3 Å². The number of methoxy groups -OCH3 is 1. The van der Waals surface area contributed by atoms with Gasteiger partial charge in [-0.15, -0.1) is 24.8 Å². The van der Waals surface area contributed by atoms with Crippen molar-refractivity contribution in [2.45, 2.75) is 91.9 Å². The van der Waals surface area contributed by atoms with Crippen LogP contribution < -0.4 is 20.5 Å². The van der Waals surface area contributed by atoms with Crippen LogP contribution in [0.5, 0.6) is 11.8 Å². The topological polar surface area (TPSA) is 133 Å². The number of nitrogens with two attached hydrogens (primary N) is 1. The lowest BCUT2D eigenvalue weighted by Crippen LogP contribution is -2.46. The normalized spacial score (nSPS) is 11.7. The zero-order valence-electron chi connectivity index (χ0n) is 30.5. The number of nitrogens with zero attached hydrogens (tertiary/aromatic N) is 6. The van der Waals surface area contributed by atoms with Crippen LogP contribution in [0.3, 0.4) is 0 Å². The van der Waals surface area contributed by atoms with E-state index < -0.39 is 30.7 Å². The van der Waals surface area contributed by atoms with E-state index in [1.54, 1.807) is 50.7 Å². The number of halogens is 3. The highest BCUT2D eigenvalue weighted by molar-refractivity contribution is 5.75. The van der Waals surface area contributed by atoms with Gasteiger partial charge in [-0.05, 0) is 64.3 Å². The van der Waals surface area contributed by atoms with Crippen LogP contribution in [-0.4, -0.2) is 68.0 Å². The molecule has 3 rings (SSSR count). The number of rotatable bonds is 15. The van der Waals surface area contributed by atoms with Gasteiger partial charge in [0, 0.05) is 37.6 Å². The fourth-order valence-electron chi connectivity index (χ4n) is 4.09. The number of nitrogens with one attached hydrogen (secondary N) is 1. The first kappa shape index (κ1) is 45.1. The van der Waals surface area contributed by atoms with Gasteiger partial charge in [0.15, 0.2) is 5.82 Å². The molecule has 50 heavy (non-hydrogen) atoms. The van der Waals surface area contributed by atoms with Gasteiger partial charge in [-0.3, -0.25) is 0 Å². The highest BCUT2D eigenvalue weighted by Gasteiger charge is 2.30. The summed E-state index contributed by atoms with van der Waals surface area (Å²) in [7, 11) is 1.47. The number of hydrogen-bond acceptors (Lipinski definition) is 8. The molecule has 0 aliphatic heterocycles. The van der Waals surface area contributed by atoms with Crippen LogP contribution in [0.4, 0.5) is 18.0 Å². The van der Waals surface area contributed by atoms with E-state index in [4.69, 9.17) is 15.2 Å². The molecule has 0 unspecified atom stereocenters. The minimum absolute atomic E-state index is 0.216. The van der Waals surface area contributed by atoms with E-state index in [2.05, 4.69) is 52.0 Å². The number of aromatic nitrogens is 5. The average molecular weight is 705 g/mol. The third-order valence-electron chi connectivity index (χ3n) is 6.68. The molecule has 0 bridgehead atoms. The molecule has 3 aromatic rings. The van der Waals surface area contributed by atoms with Gasteiger partial charge in [0.1, 0.15) is 0 Å². The Morgan fingerprint density at radius 3 is 2.32 bits per heavy atom. The SMILES string of the molecule is C/C=C\N.C=CCC.C=CCCOc1nc(-c2cc([C@@H](C)N(CC)C(=O)N[C@H](CC=C)CCC(F)(F)F)cnc2OC)nn2ccnc12.CC. The number of carbonyl (C=O) groups is 1. The zero-order chi connectivity index (χ0) is 38.1. The molecule has 0 aliphatic carbocycles. The maximum atomic E-state index is 13.2. The molecule has 14 heteroatoms. The Morgan fingerprint density at radius 1 is 1.14 bits per heavy atom. The smallest absolute Gasteiger partial charge is 0.389 e. The summed E-state index contributed by atoms with van der Waals surface area (Å²) in [5.41, 5.74) is 6.40. The van der Waals surface area contributed by atoms with E-state index in [0.717, 1.165) is 6.42 Å². The Bertz CT molecular complexity index is 1460. The molecule has 3 heterocycles. The molecule has 2 amide bonds. The van der Waals surface area contributed by atoms with E-state index >= 15 is 0 Å². The van der Waals surface area contributed by atoms with Crippen LogP contribution in [0.2, 0.25) is 0 Å². The van der Waals surface area contributed by atoms with Crippen molar-refractivity contribution in [3.8, 4) is 23.1 Å². The van der Waals surface area contributed by atoms with Crippen LogP contribution in [0, 0.1) is 0 Å². The molecule has 0 saturated carbocycles. The predicted octanol–water partition coefficient (Wildman–Crippen LogP) is 8.62. The van der Waals surface area contributed by atoms with Crippen LogP contribution in [0.15, 0.2) is 74.9 Å². The first-order valence-corrected chi connectivity index (χ1v) is 16.6. The summed E-state index contributed by atoms with van der Waals surface area (Å²) < 4.78 is 51.2. The predicted molar refractivity (Wildman–Crippen MR) is 195 cm³/mol. The number of pyridine rings is 1. The van der Waals surface area contributed by atoms with Gasteiger partial charge in [0.25, 0.3) is 5.88 Å². The molecule has 0 radical (unpaired) electrons. The summed E-state index contributed by atoms with van der Waals surface area (Å²) in [5.74, 6) is 0.806. The molecule has 0 saturated heterocycles. The summed E-state index contributed by atoms with van der Waals surface area (Å²) in [6.45, 7) is 23.0. The van der Waals surface area contributed by atoms with Crippen molar-refractivity contribution in [3.63, 3.8) is 0 Å². The monoisotopic (exact) mass is 704 g/mol. The number of fused-ring (bicyclic) bond motifs is 1. The molecular weight excluding hydrogens is 649 g/mol. The average Bonchev–Trinajstić information content (AvgIpc) is 3.60. The van der Waals surface area contributed by atoms with Crippen LogP contribution in [0.1, 0.15) is 85.3 Å². The van der Waals surface area contributed by atoms with E-state index in [1.165, 1.54) is 28.8 Å². The largest absolute Gasteiger partial charge is 0.480 e. The van der Waals surface area contributed by atoms with Gasteiger partial charge in [-0.2, -0.15) is 18.2 Å². The molecule has 11 nitrogen and oxygen atoms in total.